The summed E-state index contributed by atoms with van der Waals surface area (Å²) in [5, 5.41) is 12.3. The van der Waals surface area contributed by atoms with E-state index in [0.717, 1.165) is 54.0 Å². The zero-order valence-electron chi connectivity index (χ0n) is 28.7. The van der Waals surface area contributed by atoms with Crippen molar-refractivity contribution in [3.63, 3.8) is 0 Å². The Morgan fingerprint density at radius 3 is 2.22 bits per heavy atom. The van der Waals surface area contributed by atoms with Crippen LogP contribution in [-0.4, -0.2) is 70.0 Å². The number of nitrogens with one attached hydrogen (secondary N) is 1. The molecule has 0 spiro atoms. The molecule has 0 radical (unpaired) electrons. The number of aryl methyl sites for hydroxylation is 1. The molecule has 0 saturated carbocycles. The van der Waals surface area contributed by atoms with Gasteiger partial charge in [-0.3, -0.25) is 14.4 Å². The standard InChI is InChI=1S/C39H45N5O4S/c1-5-6-25-7-11-27(12-8-25)29-17-18-43(22-29)31-20-40-35(41-21-31)28-13-9-26(10-14-28)19-32(37(46)44-23-30(24-44)38(47)48)42-36(45)33-15-16-34(49-33)39(2,3)4/h7-16,20-21,29-30,32H,5-6,17-19,22-24H2,1-4H3,(H,42,45)(H,47,48)/t29?,32-/m0/s1. The molecule has 2 aromatic carbocycles. The smallest absolute Gasteiger partial charge is 0.310 e. The number of hydrogen-bond donors (Lipinski definition) is 2. The van der Waals surface area contributed by atoms with Gasteiger partial charge in [0.25, 0.3) is 5.91 Å². The molecule has 2 fully saturated rings. The van der Waals surface area contributed by atoms with E-state index in [1.165, 1.54) is 27.4 Å². The molecule has 9 nitrogen and oxygen atoms in total. The zero-order chi connectivity index (χ0) is 34.7. The maximum absolute atomic E-state index is 13.5. The van der Waals surface area contributed by atoms with Crippen molar-refractivity contribution in [1.29, 1.82) is 0 Å². The minimum absolute atomic E-state index is 0.0913. The fraction of sp³-hybridized carbons (Fsp3) is 0.410. The zero-order valence-corrected chi connectivity index (χ0v) is 29.5. The normalized spacial score (nSPS) is 17.1. The lowest BCUT2D eigenvalue weighted by molar-refractivity contribution is -0.153. The molecule has 2 aliphatic rings. The molecule has 2 aliphatic heterocycles. The van der Waals surface area contributed by atoms with Crippen LogP contribution in [0.2, 0.25) is 0 Å². The van der Waals surface area contributed by atoms with Gasteiger partial charge in [-0.25, -0.2) is 9.97 Å². The van der Waals surface area contributed by atoms with Crippen molar-refractivity contribution in [2.45, 2.75) is 70.8 Å². The molecule has 0 aliphatic carbocycles. The second-order valence-electron chi connectivity index (χ2n) is 14.3. The van der Waals surface area contributed by atoms with E-state index >= 15 is 0 Å². The number of likely N-dealkylation sites (tertiary alicyclic amines) is 1. The molecule has 2 amide bonds. The van der Waals surface area contributed by atoms with E-state index in [9.17, 15) is 19.5 Å². The Labute approximate surface area is 292 Å². The van der Waals surface area contributed by atoms with Gasteiger partial charge in [-0.1, -0.05) is 82.6 Å². The van der Waals surface area contributed by atoms with Crippen LogP contribution in [0.5, 0.6) is 0 Å². The molecule has 2 N–H and O–H groups in total. The number of carboxylic acid groups (broad SMARTS) is 1. The van der Waals surface area contributed by atoms with Crippen molar-refractivity contribution >= 4 is 34.8 Å². The second kappa shape index (κ2) is 14.5. The fourth-order valence-electron chi connectivity index (χ4n) is 6.50. The summed E-state index contributed by atoms with van der Waals surface area (Å²) < 4.78 is 0. The van der Waals surface area contributed by atoms with Crippen LogP contribution in [0.25, 0.3) is 11.4 Å². The van der Waals surface area contributed by atoms with Gasteiger partial charge in [0.1, 0.15) is 6.04 Å². The largest absolute Gasteiger partial charge is 0.481 e. The predicted molar refractivity (Wildman–Crippen MR) is 193 cm³/mol. The Morgan fingerprint density at radius 1 is 0.939 bits per heavy atom. The van der Waals surface area contributed by atoms with Gasteiger partial charge in [-0.15, -0.1) is 11.3 Å². The van der Waals surface area contributed by atoms with E-state index in [4.69, 9.17) is 0 Å². The van der Waals surface area contributed by atoms with Gasteiger partial charge in [-0.05, 0) is 47.1 Å². The summed E-state index contributed by atoms with van der Waals surface area (Å²) in [7, 11) is 0. The van der Waals surface area contributed by atoms with Crippen molar-refractivity contribution in [1.82, 2.24) is 20.2 Å². The Hall–Kier alpha value is -4.57. The molecular formula is C39H45N5O4S. The summed E-state index contributed by atoms with van der Waals surface area (Å²) in [5.74, 6) is -0.971. The summed E-state index contributed by atoms with van der Waals surface area (Å²) >= 11 is 1.42. The summed E-state index contributed by atoms with van der Waals surface area (Å²) in [5.41, 5.74) is 5.42. The molecular weight excluding hydrogens is 635 g/mol. The molecule has 2 aromatic heterocycles. The van der Waals surface area contributed by atoms with Gasteiger partial charge in [0.05, 0.1) is 28.9 Å². The third-order valence-corrected chi connectivity index (χ3v) is 11.1. The minimum Gasteiger partial charge on any atom is -0.481 e. The molecule has 2 atom stereocenters. The molecule has 6 rings (SSSR count). The van der Waals surface area contributed by atoms with E-state index in [-0.39, 0.29) is 36.7 Å². The van der Waals surface area contributed by atoms with Crippen molar-refractivity contribution in [2.75, 3.05) is 31.1 Å². The highest BCUT2D eigenvalue weighted by Gasteiger charge is 2.39. The van der Waals surface area contributed by atoms with Gasteiger partial charge in [0.15, 0.2) is 5.82 Å². The van der Waals surface area contributed by atoms with Crippen LogP contribution in [0, 0.1) is 5.92 Å². The molecule has 0 bridgehead atoms. The summed E-state index contributed by atoms with van der Waals surface area (Å²) in [6, 6.07) is 19.7. The van der Waals surface area contributed by atoms with Crippen LogP contribution in [0.4, 0.5) is 5.69 Å². The SMILES string of the molecule is CCCc1ccc(C2CCN(c3cnc(-c4ccc(C[C@H](NC(=O)c5ccc(C(C)(C)C)s5)C(=O)N5CC(C(=O)O)C5)cc4)nc3)C2)cc1. The highest BCUT2D eigenvalue weighted by atomic mass is 32.1. The first-order valence-electron chi connectivity index (χ1n) is 17.2. The summed E-state index contributed by atoms with van der Waals surface area (Å²) in [6.45, 7) is 10.7. The van der Waals surface area contributed by atoms with Gasteiger partial charge in [-0.2, -0.15) is 0 Å². The van der Waals surface area contributed by atoms with Crippen LogP contribution in [0.3, 0.4) is 0 Å². The number of nitrogens with zero attached hydrogens (tertiary/aromatic N) is 4. The number of aromatic nitrogens is 2. The van der Waals surface area contributed by atoms with Gasteiger partial charge in [0, 0.05) is 49.0 Å². The van der Waals surface area contributed by atoms with Gasteiger partial charge >= 0.3 is 5.97 Å². The van der Waals surface area contributed by atoms with Crippen LogP contribution in [-0.2, 0) is 27.8 Å². The van der Waals surface area contributed by atoms with Crippen LogP contribution < -0.4 is 10.2 Å². The van der Waals surface area contributed by atoms with E-state index < -0.39 is 17.9 Å². The van der Waals surface area contributed by atoms with E-state index in [2.05, 4.69) is 72.1 Å². The number of anilines is 1. The second-order valence-corrected chi connectivity index (χ2v) is 15.4. The number of benzene rings is 2. The number of aliphatic carboxylic acids is 1. The van der Waals surface area contributed by atoms with Gasteiger partial charge in [0.2, 0.25) is 5.91 Å². The molecule has 49 heavy (non-hydrogen) atoms. The van der Waals surface area contributed by atoms with Crippen LogP contribution in [0.15, 0.2) is 73.1 Å². The number of hydrogen-bond acceptors (Lipinski definition) is 7. The molecule has 256 valence electrons. The topological polar surface area (TPSA) is 116 Å². The van der Waals surface area contributed by atoms with Crippen molar-refractivity contribution < 1.29 is 19.5 Å². The first-order chi connectivity index (χ1) is 23.5. The molecule has 4 heterocycles. The average molecular weight is 680 g/mol. The first kappa shape index (κ1) is 34.3. The van der Waals surface area contributed by atoms with E-state index in [0.29, 0.717) is 16.6 Å². The van der Waals surface area contributed by atoms with Crippen LogP contribution in [0.1, 0.15) is 77.7 Å². The lowest BCUT2D eigenvalue weighted by Crippen LogP contribution is -2.59. The van der Waals surface area contributed by atoms with Crippen molar-refractivity contribution in [3.05, 3.63) is 99.5 Å². The third-order valence-electron chi connectivity index (χ3n) is 9.55. The fourth-order valence-corrected chi connectivity index (χ4v) is 7.47. The lowest BCUT2D eigenvalue weighted by Gasteiger charge is -2.38. The Balaban J connectivity index is 1.10. The van der Waals surface area contributed by atoms with E-state index in [1.807, 2.05) is 42.7 Å². The van der Waals surface area contributed by atoms with Crippen LogP contribution >= 0.6 is 11.3 Å². The molecule has 2 saturated heterocycles. The predicted octanol–water partition coefficient (Wildman–Crippen LogP) is 6.33. The van der Waals surface area contributed by atoms with Crippen molar-refractivity contribution in [2.24, 2.45) is 5.92 Å². The Morgan fingerprint density at radius 2 is 1.61 bits per heavy atom. The Bertz CT molecular complexity index is 1770. The number of amides is 2. The highest BCUT2D eigenvalue weighted by molar-refractivity contribution is 7.14. The maximum atomic E-state index is 13.5. The number of carboxylic acids is 1. The first-order valence-corrected chi connectivity index (χ1v) is 18.0. The minimum atomic E-state index is -0.915. The number of carbonyl (C=O) groups excluding carboxylic acids is 2. The number of rotatable bonds is 11. The van der Waals surface area contributed by atoms with Crippen molar-refractivity contribution in [3.8, 4) is 11.4 Å². The molecule has 1 unspecified atom stereocenters. The summed E-state index contributed by atoms with van der Waals surface area (Å²) in [6.07, 6.45) is 7.42. The Kier molecular flexibility index (Phi) is 10.2. The average Bonchev–Trinajstić information content (AvgIpc) is 3.76. The summed E-state index contributed by atoms with van der Waals surface area (Å²) in [4.78, 5) is 53.0. The van der Waals surface area contributed by atoms with Gasteiger partial charge < -0.3 is 20.2 Å². The third kappa shape index (κ3) is 8.02. The number of thiophene rings is 1. The van der Waals surface area contributed by atoms with E-state index in [1.54, 1.807) is 6.07 Å². The number of carbonyl (C=O) groups is 3. The maximum Gasteiger partial charge on any atom is 0.310 e. The monoisotopic (exact) mass is 679 g/mol. The quantitative estimate of drug-likeness (QED) is 0.190. The lowest BCUT2D eigenvalue weighted by atomic mass is 9.95. The highest BCUT2D eigenvalue weighted by Crippen LogP contribution is 2.32. The molecule has 4 aromatic rings. The molecule has 10 heteroatoms.